The quantitative estimate of drug-likeness (QED) is 0.133. The summed E-state index contributed by atoms with van der Waals surface area (Å²) in [6, 6.07) is 25.4. The Balaban J connectivity index is 1.30. The van der Waals surface area contributed by atoms with Gasteiger partial charge in [-0.05, 0) is 52.7 Å². The first-order chi connectivity index (χ1) is 17.0. The summed E-state index contributed by atoms with van der Waals surface area (Å²) in [5.74, 6) is -0.693. The van der Waals surface area contributed by atoms with E-state index in [1.807, 2.05) is 30.3 Å². The molecule has 1 N–H and O–H groups in total. The Hall–Kier alpha value is -5.05. The fourth-order valence-electron chi connectivity index (χ4n) is 3.27. The van der Waals surface area contributed by atoms with Gasteiger partial charge < -0.3 is 9.47 Å². The zero-order valence-electron chi connectivity index (χ0n) is 18.3. The minimum Gasteiger partial charge on any atom is -0.477 e. The maximum atomic E-state index is 12.6. The number of nitro groups is 1. The van der Waals surface area contributed by atoms with Crippen molar-refractivity contribution in [3.8, 4) is 11.5 Å². The number of nitrogens with one attached hydrogen (secondary N) is 1. The van der Waals surface area contributed by atoms with Gasteiger partial charge in [-0.2, -0.15) is 5.10 Å². The molecule has 0 aliphatic rings. The number of benzene rings is 4. The number of hydrogen-bond acceptors (Lipinski definition) is 7. The van der Waals surface area contributed by atoms with E-state index in [0.29, 0.717) is 16.9 Å². The average Bonchev–Trinajstić information content (AvgIpc) is 2.88. The summed E-state index contributed by atoms with van der Waals surface area (Å²) in [5, 5.41) is 16.6. The fraction of sp³-hybridized carbons (Fsp3) is 0.0385. The van der Waals surface area contributed by atoms with Gasteiger partial charge in [-0.3, -0.25) is 14.9 Å². The molecule has 0 bridgehead atoms. The SMILES string of the molecule is O=C(COc1ccccc1[N+](=O)[O-])N/N=C/c1ccc(OC(=O)c2cccc3ccccc23)cc1. The van der Waals surface area contributed by atoms with Crippen LogP contribution in [0.25, 0.3) is 10.8 Å². The van der Waals surface area contributed by atoms with Crippen molar-refractivity contribution in [2.75, 3.05) is 6.61 Å². The van der Waals surface area contributed by atoms with Gasteiger partial charge >= 0.3 is 11.7 Å². The van der Waals surface area contributed by atoms with E-state index in [0.717, 1.165) is 10.8 Å². The summed E-state index contributed by atoms with van der Waals surface area (Å²) in [5.41, 5.74) is 3.17. The summed E-state index contributed by atoms with van der Waals surface area (Å²) in [6.07, 6.45) is 1.40. The van der Waals surface area contributed by atoms with Crippen molar-refractivity contribution in [3.05, 3.63) is 112 Å². The van der Waals surface area contributed by atoms with Gasteiger partial charge in [0.05, 0.1) is 16.7 Å². The molecular weight excluding hydrogens is 450 g/mol. The highest BCUT2D eigenvalue weighted by molar-refractivity contribution is 6.05. The second-order valence-electron chi connectivity index (χ2n) is 7.29. The Kier molecular flexibility index (Phi) is 7.08. The Labute approximate surface area is 199 Å². The number of para-hydroxylation sites is 2. The van der Waals surface area contributed by atoms with Crippen LogP contribution in [0, 0.1) is 10.1 Å². The number of hydrogen-bond donors (Lipinski definition) is 1. The van der Waals surface area contributed by atoms with Gasteiger partial charge in [-0.15, -0.1) is 0 Å². The molecule has 0 spiro atoms. The van der Waals surface area contributed by atoms with Crippen LogP contribution >= 0.6 is 0 Å². The molecule has 1 amide bonds. The summed E-state index contributed by atoms with van der Waals surface area (Å²) < 4.78 is 10.7. The van der Waals surface area contributed by atoms with Gasteiger partial charge in [0.15, 0.2) is 12.4 Å². The van der Waals surface area contributed by atoms with Crippen molar-refractivity contribution in [3.63, 3.8) is 0 Å². The highest BCUT2D eigenvalue weighted by atomic mass is 16.6. The highest BCUT2D eigenvalue weighted by Gasteiger charge is 2.15. The van der Waals surface area contributed by atoms with Crippen molar-refractivity contribution < 1.29 is 24.0 Å². The van der Waals surface area contributed by atoms with Gasteiger partial charge in [-0.25, -0.2) is 10.2 Å². The summed E-state index contributed by atoms with van der Waals surface area (Å²) >= 11 is 0. The van der Waals surface area contributed by atoms with Crippen LogP contribution in [-0.2, 0) is 4.79 Å². The summed E-state index contributed by atoms with van der Waals surface area (Å²) in [7, 11) is 0. The van der Waals surface area contributed by atoms with E-state index in [1.165, 1.54) is 24.4 Å². The van der Waals surface area contributed by atoms with Crippen LogP contribution < -0.4 is 14.9 Å². The predicted molar refractivity (Wildman–Crippen MR) is 130 cm³/mol. The van der Waals surface area contributed by atoms with Crippen molar-refractivity contribution in [1.82, 2.24) is 5.43 Å². The van der Waals surface area contributed by atoms with Crippen LogP contribution in [0.2, 0.25) is 0 Å². The second kappa shape index (κ2) is 10.7. The minimum atomic E-state index is -0.589. The topological polar surface area (TPSA) is 120 Å². The summed E-state index contributed by atoms with van der Waals surface area (Å²) in [4.78, 5) is 34.9. The van der Waals surface area contributed by atoms with E-state index in [1.54, 1.807) is 42.5 Å². The number of amides is 1. The van der Waals surface area contributed by atoms with E-state index in [9.17, 15) is 19.7 Å². The molecule has 4 rings (SSSR count). The Morgan fingerprint density at radius 2 is 1.63 bits per heavy atom. The van der Waals surface area contributed by atoms with Crippen molar-refractivity contribution >= 4 is 34.6 Å². The molecule has 0 aliphatic heterocycles. The molecule has 0 saturated carbocycles. The number of nitrogens with zero attached hydrogens (tertiary/aromatic N) is 2. The zero-order valence-corrected chi connectivity index (χ0v) is 18.3. The van der Waals surface area contributed by atoms with Gasteiger partial charge in [0.1, 0.15) is 5.75 Å². The van der Waals surface area contributed by atoms with Crippen molar-refractivity contribution in [1.29, 1.82) is 0 Å². The molecule has 0 radical (unpaired) electrons. The average molecular weight is 469 g/mol. The lowest BCUT2D eigenvalue weighted by Crippen LogP contribution is -2.24. The third-order valence-electron chi connectivity index (χ3n) is 4.92. The Bertz CT molecular complexity index is 1410. The molecule has 0 saturated heterocycles. The third kappa shape index (κ3) is 5.85. The van der Waals surface area contributed by atoms with Gasteiger partial charge in [0.25, 0.3) is 5.91 Å². The van der Waals surface area contributed by atoms with E-state index < -0.39 is 23.4 Å². The van der Waals surface area contributed by atoms with Gasteiger partial charge in [-0.1, -0.05) is 48.5 Å². The molecule has 9 heteroatoms. The van der Waals surface area contributed by atoms with Crippen LogP contribution in [0.1, 0.15) is 15.9 Å². The molecule has 4 aromatic rings. The number of carbonyl (C=O) groups excluding carboxylic acids is 2. The van der Waals surface area contributed by atoms with Gasteiger partial charge in [0.2, 0.25) is 0 Å². The van der Waals surface area contributed by atoms with Gasteiger partial charge in [0, 0.05) is 6.07 Å². The standard InChI is InChI=1S/C26H19N3O6/c30-25(17-34-24-11-4-3-10-23(24)29(32)33)28-27-16-18-12-14-20(15-13-18)35-26(31)22-9-5-7-19-6-1-2-8-21(19)22/h1-16H,17H2,(H,28,30)/b27-16+. The smallest absolute Gasteiger partial charge is 0.344 e. The Morgan fingerprint density at radius 1 is 0.914 bits per heavy atom. The van der Waals surface area contributed by atoms with E-state index in [2.05, 4.69) is 10.5 Å². The third-order valence-corrected chi connectivity index (χ3v) is 4.92. The number of esters is 1. The lowest BCUT2D eigenvalue weighted by atomic mass is 10.0. The number of ether oxygens (including phenoxy) is 2. The molecule has 9 nitrogen and oxygen atoms in total. The highest BCUT2D eigenvalue weighted by Crippen LogP contribution is 2.25. The second-order valence-corrected chi connectivity index (χ2v) is 7.29. The summed E-state index contributed by atoms with van der Waals surface area (Å²) in [6.45, 7) is -0.439. The van der Waals surface area contributed by atoms with Crippen LogP contribution in [-0.4, -0.2) is 29.6 Å². The first kappa shape index (κ1) is 23.1. The van der Waals surface area contributed by atoms with Crippen LogP contribution in [0.5, 0.6) is 11.5 Å². The number of rotatable bonds is 8. The number of nitro benzene ring substituents is 1. The molecule has 0 aliphatic carbocycles. The predicted octanol–water partition coefficient (Wildman–Crippen LogP) is 4.50. The molecule has 35 heavy (non-hydrogen) atoms. The maximum absolute atomic E-state index is 12.6. The van der Waals surface area contributed by atoms with E-state index >= 15 is 0 Å². The number of carbonyl (C=O) groups is 2. The van der Waals surface area contributed by atoms with Crippen LogP contribution in [0.15, 0.2) is 96.1 Å². The van der Waals surface area contributed by atoms with Crippen LogP contribution in [0.4, 0.5) is 5.69 Å². The van der Waals surface area contributed by atoms with Crippen LogP contribution in [0.3, 0.4) is 0 Å². The first-order valence-corrected chi connectivity index (χ1v) is 10.5. The molecule has 0 atom stereocenters. The van der Waals surface area contributed by atoms with Crippen molar-refractivity contribution in [2.24, 2.45) is 5.10 Å². The number of hydrazone groups is 1. The lowest BCUT2D eigenvalue weighted by Gasteiger charge is -2.07. The lowest BCUT2D eigenvalue weighted by molar-refractivity contribution is -0.385. The first-order valence-electron chi connectivity index (χ1n) is 10.5. The Morgan fingerprint density at radius 3 is 2.43 bits per heavy atom. The van der Waals surface area contributed by atoms with E-state index in [-0.39, 0.29) is 11.4 Å². The molecule has 174 valence electrons. The zero-order chi connectivity index (χ0) is 24.6. The molecule has 0 unspecified atom stereocenters. The number of fused-ring (bicyclic) bond motifs is 1. The normalized spacial score (nSPS) is 10.7. The molecule has 0 heterocycles. The molecule has 0 aromatic heterocycles. The molecule has 4 aromatic carbocycles. The molecular formula is C26H19N3O6. The largest absolute Gasteiger partial charge is 0.477 e. The van der Waals surface area contributed by atoms with E-state index in [4.69, 9.17) is 9.47 Å². The van der Waals surface area contributed by atoms with Crippen molar-refractivity contribution in [2.45, 2.75) is 0 Å². The maximum Gasteiger partial charge on any atom is 0.344 e. The molecule has 0 fully saturated rings. The minimum absolute atomic E-state index is 0.00901. The monoisotopic (exact) mass is 469 g/mol. The fourth-order valence-corrected chi connectivity index (χ4v) is 3.27.